The van der Waals surface area contributed by atoms with Crippen molar-refractivity contribution in [1.29, 1.82) is 0 Å². The number of carbonyl (C=O) groups excluding carboxylic acids is 1. The predicted molar refractivity (Wildman–Crippen MR) is 88.1 cm³/mol. The van der Waals surface area contributed by atoms with Crippen molar-refractivity contribution in [3.05, 3.63) is 77.2 Å². The molecule has 1 atom stereocenters. The van der Waals surface area contributed by atoms with E-state index in [1.54, 1.807) is 0 Å². The van der Waals surface area contributed by atoms with Gasteiger partial charge in [0.05, 0.1) is 11.7 Å². The Hall–Kier alpha value is -2.88. The van der Waals surface area contributed by atoms with Crippen LogP contribution >= 0.6 is 0 Å². The topological polar surface area (TPSA) is 57.8 Å². The molecule has 0 unspecified atom stereocenters. The van der Waals surface area contributed by atoms with Crippen molar-refractivity contribution in [2.24, 2.45) is 0 Å². The number of hydrogen-bond acceptors (Lipinski definition) is 2. The number of carbonyl (C=O) groups is 1. The van der Waals surface area contributed by atoms with E-state index in [0.29, 0.717) is 5.69 Å². The number of aromatic nitrogens is 2. The summed E-state index contributed by atoms with van der Waals surface area (Å²) >= 11 is 0. The van der Waals surface area contributed by atoms with E-state index in [9.17, 15) is 4.79 Å². The van der Waals surface area contributed by atoms with Crippen LogP contribution < -0.4 is 5.32 Å². The van der Waals surface area contributed by atoms with Gasteiger partial charge in [0, 0.05) is 5.56 Å². The van der Waals surface area contributed by atoms with Crippen molar-refractivity contribution in [3.63, 3.8) is 0 Å². The first-order valence-electron chi connectivity index (χ1n) is 7.21. The van der Waals surface area contributed by atoms with E-state index in [-0.39, 0.29) is 11.9 Å². The Bertz CT molecular complexity index is 754. The van der Waals surface area contributed by atoms with Crippen molar-refractivity contribution in [3.8, 4) is 0 Å². The highest BCUT2D eigenvalue weighted by molar-refractivity contribution is 5.97. The van der Waals surface area contributed by atoms with Crippen molar-refractivity contribution < 1.29 is 4.79 Å². The van der Waals surface area contributed by atoms with Gasteiger partial charge in [0.1, 0.15) is 0 Å². The van der Waals surface area contributed by atoms with Gasteiger partial charge in [-0.2, -0.15) is 5.10 Å². The smallest absolute Gasteiger partial charge is 0.272 e. The molecule has 1 aliphatic rings. The van der Waals surface area contributed by atoms with Gasteiger partial charge in [-0.25, -0.2) is 0 Å². The second-order valence-corrected chi connectivity index (χ2v) is 5.11. The number of fused-ring (bicyclic) bond motifs is 1. The normalized spacial score (nSPS) is 18.4. The maximum atomic E-state index is 12.5. The van der Waals surface area contributed by atoms with Gasteiger partial charge < -0.3 is 5.32 Å². The largest absolute Gasteiger partial charge is 0.344 e. The van der Waals surface area contributed by atoms with E-state index in [0.717, 1.165) is 16.8 Å². The van der Waals surface area contributed by atoms with E-state index in [2.05, 4.69) is 15.5 Å². The van der Waals surface area contributed by atoms with Gasteiger partial charge in [0.25, 0.3) is 5.91 Å². The molecule has 1 heterocycles. The molecule has 1 amide bonds. The minimum Gasteiger partial charge on any atom is -0.344 e. The molecule has 1 aromatic carbocycles. The number of nitrogens with zero attached hydrogens (tertiary/aromatic N) is 1. The molecule has 2 aromatic rings. The molecule has 1 aliphatic carbocycles. The van der Waals surface area contributed by atoms with Crippen LogP contribution in [0.4, 0.5) is 0 Å². The van der Waals surface area contributed by atoms with Crippen LogP contribution in [-0.4, -0.2) is 16.1 Å². The van der Waals surface area contributed by atoms with Crippen molar-refractivity contribution >= 4 is 18.1 Å². The third-order valence-corrected chi connectivity index (χ3v) is 3.55. The fourth-order valence-electron chi connectivity index (χ4n) is 2.35. The lowest BCUT2D eigenvalue weighted by molar-refractivity contribution is 0.0934. The van der Waals surface area contributed by atoms with Gasteiger partial charge in [-0.3, -0.25) is 9.89 Å². The number of hydrogen-bond donors (Lipinski definition) is 2. The number of H-pyrrole nitrogens is 1. The first-order chi connectivity index (χ1) is 10.8. The third-order valence-electron chi connectivity index (χ3n) is 3.55. The summed E-state index contributed by atoms with van der Waals surface area (Å²) in [6.07, 6.45) is 11.4. The van der Waals surface area contributed by atoms with Gasteiger partial charge >= 0.3 is 0 Å². The van der Waals surface area contributed by atoms with Crippen LogP contribution in [0.1, 0.15) is 40.3 Å². The summed E-state index contributed by atoms with van der Waals surface area (Å²) in [5, 5.41) is 10.1. The third kappa shape index (κ3) is 2.91. The Morgan fingerprint density at radius 3 is 2.59 bits per heavy atom. The number of rotatable bonds is 3. The average molecular weight is 291 g/mol. The Kier molecular flexibility index (Phi) is 4.01. The molecule has 0 fully saturated rings. The average Bonchev–Trinajstić information content (AvgIpc) is 2.90. The molecule has 1 aromatic heterocycles. The lowest BCUT2D eigenvalue weighted by atomic mass is 10.1. The SMILES string of the molecule is C[C@@H](NC(=O)c1n[nH]c2c1\C=C/C=C\C=C/2)c1ccccc1. The van der Waals surface area contributed by atoms with E-state index in [1.165, 1.54) is 0 Å². The molecule has 4 nitrogen and oxygen atoms in total. The van der Waals surface area contributed by atoms with Crippen molar-refractivity contribution in [1.82, 2.24) is 15.5 Å². The summed E-state index contributed by atoms with van der Waals surface area (Å²) in [5.41, 5.74) is 3.11. The minimum atomic E-state index is -0.184. The maximum Gasteiger partial charge on any atom is 0.272 e. The second kappa shape index (κ2) is 6.26. The number of allylic oxidation sites excluding steroid dienone is 4. The van der Waals surface area contributed by atoms with Crippen molar-refractivity contribution in [2.45, 2.75) is 13.0 Å². The van der Waals surface area contributed by atoms with Gasteiger partial charge in [-0.05, 0) is 18.6 Å². The molecule has 0 spiro atoms. The fraction of sp³-hybridized carbons (Fsp3) is 0.111. The van der Waals surface area contributed by atoms with E-state index in [1.807, 2.05) is 73.7 Å². The Labute approximate surface area is 129 Å². The highest BCUT2D eigenvalue weighted by Crippen LogP contribution is 2.18. The summed E-state index contributed by atoms with van der Waals surface area (Å²) in [6.45, 7) is 1.96. The zero-order valence-corrected chi connectivity index (χ0v) is 12.3. The highest BCUT2D eigenvalue weighted by Gasteiger charge is 2.18. The van der Waals surface area contributed by atoms with E-state index < -0.39 is 0 Å². The van der Waals surface area contributed by atoms with Crippen LogP contribution in [0.25, 0.3) is 12.2 Å². The molecule has 0 saturated carbocycles. The zero-order valence-electron chi connectivity index (χ0n) is 12.3. The quantitative estimate of drug-likeness (QED) is 0.909. The minimum absolute atomic E-state index is 0.0750. The predicted octanol–water partition coefficient (Wildman–Crippen LogP) is 3.50. The van der Waals surface area contributed by atoms with Gasteiger partial charge in [-0.15, -0.1) is 0 Å². The molecule has 0 bridgehead atoms. The molecule has 110 valence electrons. The summed E-state index contributed by atoms with van der Waals surface area (Å²) in [7, 11) is 0. The maximum absolute atomic E-state index is 12.5. The monoisotopic (exact) mass is 291 g/mol. The first-order valence-corrected chi connectivity index (χ1v) is 7.21. The molecule has 22 heavy (non-hydrogen) atoms. The first kappa shape index (κ1) is 14.1. The van der Waals surface area contributed by atoms with Gasteiger partial charge in [0.2, 0.25) is 0 Å². The summed E-state index contributed by atoms with van der Waals surface area (Å²) in [4.78, 5) is 12.5. The molecular weight excluding hydrogens is 274 g/mol. The van der Waals surface area contributed by atoms with Gasteiger partial charge in [-0.1, -0.05) is 60.7 Å². The zero-order chi connectivity index (χ0) is 15.4. The van der Waals surface area contributed by atoms with E-state index >= 15 is 0 Å². The van der Waals surface area contributed by atoms with Crippen LogP contribution in [0.2, 0.25) is 0 Å². The lowest BCUT2D eigenvalue weighted by Crippen LogP contribution is -2.27. The summed E-state index contributed by atoms with van der Waals surface area (Å²) in [5.74, 6) is -0.184. The number of benzene rings is 1. The van der Waals surface area contributed by atoms with Crippen LogP contribution in [0.5, 0.6) is 0 Å². The van der Waals surface area contributed by atoms with Crippen LogP contribution in [0, 0.1) is 0 Å². The summed E-state index contributed by atoms with van der Waals surface area (Å²) < 4.78 is 0. The molecule has 0 saturated heterocycles. The van der Waals surface area contributed by atoms with Crippen LogP contribution in [0.3, 0.4) is 0 Å². The Morgan fingerprint density at radius 1 is 1.09 bits per heavy atom. The number of amides is 1. The Morgan fingerprint density at radius 2 is 1.82 bits per heavy atom. The second-order valence-electron chi connectivity index (χ2n) is 5.11. The standard InChI is InChI=1S/C18H17N3O/c1-13(14-9-5-4-6-10-14)19-18(22)17-15-11-7-2-3-8-12-16(15)20-21-17/h2-13H,1H3,(H,19,22)(H,20,21)/t13-/m1/s1. The molecular formula is C18H17N3O. The molecule has 4 heteroatoms. The van der Waals surface area contributed by atoms with Crippen LogP contribution in [0.15, 0.2) is 54.6 Å². The lowest BCUT2D eigenvalue weighted by Gasteiger charge is -2.13. The molecule has 0 radical (unpaired) electrons. The fourth-order valence-corrected chi connectivity index (χ4v) is 2.35. The van der Waals surface area contributed by atoms with E-state index in [4.69, 9.17) is 0 Å². The molecule has 3 rings (SSSR count). The number of nitrogens with one attached hydrogen (secondary N) is 2. The molecule has 0 aliphatic heterocycles. The van der Waals surface area contributed by atoms with Crippen LogP contribution in [-0.2, 0) is 0 Å². The summed E-state index contributed by atoms with van der Waals surface area (Å²) in [6, 6.07) is 9.79. The van der Waals surface area contributed by atoms with Gasteiger partial charge in [0.15, 0.2) is 5.69 Å². The van der Waals surface area contributed by atoms with Crippen molar-refractivity contribution in [2.75, 3.05) is 0 Å². The number of aromatic amines is 1. The Balaban J connectivity index is 1.82. The highest BCUT2D eigenvalue weighted by atomic mass is 16.2. The molecule has 2 N–H and O–H groups in total.